The van der Waals surface area contributed by atoms with Gasteiger partial charge in [-0.25, -0.2) is 0 Å². The van der Waals surface area contributed by atoms with E-state index in [4.69, 9.17) is 0 Å². The van der Waals surface area contributed by atoms with Gasteiger partial charge in [-0.15, -0.1) is 0 Å². The lowest BCUT2D eigenvalue weighted by Gasteiger charge is -2.35. The standard InChI is InChI=1S/C22H47NO3S/c1-5-7-9-10-11-12-13-14-15-16-17-18-19-20-22(3,4)23(21-8-6-2)27(24,25)26/h5-21H2,1-4H3,(H,24,25,26). The lowest BCUT2D eigenvalue weighted by atomic mass is 9.95. The summed E-state index contributed by atoms with van der Waals surface area (Å²) in [6, 6.07) is 0. The Morgan fingerprint density at radius 3 is 1.41 bits per heavy atom. The van der Waals surface area contributed by atoms with Crippen molar-refractivity contribution in [3.8, 4) is 0 Å². The maximum Gasteiger partial charge on any atom is 0.336 e. The Labute approximate surface area is 170 Å². The van der Waals surface area contributed by atoms with Gasteiger partial charge in [-0.05, 0) is 26.7 Å². The summed E-state index contributed by atoms with van der Waals surface area (Å²) in [5.74, 6) is 0. The molecule has 0 aliphatic carbocycles. The second-order valence-electron chi connectivity index (χ2n) is 8.71. The summed E-state index contributed by atoms with van der Waals surface area (Å²) in [6.45, 7) is 8.55. The summed E-state index contributed by atoms with van der Waals surface area (Å²) in [5, 5.41) is 0. The first-order chi connectivity index (χ1) is 12.8. The lowest BCUT2D eigenvalue weighted by molar-refractivity contribution is 0.187. The van der Waals surface area contributed by atoms with Crippen molar-refractivity contribution in [2.24, 2.45) is 0 Å². The van der Waals surface area contributed by atoms with Gasteiger partial charge < -0.3 is 0 Å². The molecule has 4 nitrogen and oxygen atoms in total. The molecule has 0 heterocycles. The van der Waals surface area contributed by atoms with Crippen LogP contribution in [-0.4, -0.2) is 29.4 Å². The van der Waals surface area contributed by atoms with E-state index in [0.717, 1.165) is 32.1 Å². The van der Waals surface area contributed by atoms with E-state index in [0.29, 0.717) is 6.54 Å². The maximum atomic E-state index is 11.7. The van der Waals surface area contributed by atoms with Gasteiger partial charge in [0.2, 0.25) is 0 Å². The predicted octanol–water partition coefficient (Wildman–Crippen LogP) is 7.15. The van der Waals surface area contributed by atoms with E-state index in [-0.39, 0.29) is 0 Å². The van der Waals surface area contributed by atoms with Crippen molar-refractivity contribution in [1.29, 1.82) is 0 Å². The Balaban J connectivity index is 3.77. The quantitative estimate of drug-likeness (QED) is 0.183. The Bertz CT molecular complexity index is 435. The van der Waals surface area contributed by atoms with Crippen LogP contribution in [0.2, 0.25) is 0 Å². The predicted molar refractivity (Wildman–Crippen MR) is 118 cm³/mol. The number of hydrogen-bond donors (Lipinski definition) is 1. The molecule has 1 N–H and O–H groups in total. The van der Waals surface area contributed by atoms with Gasteiger partial charge >= 0.3 is 10.3 Å². The van der Waals surface area contributed by atoms with Crippen LogP contribution in [-0.2, 0) is 10.3 Å². The fraction of sp³-hybridized carbons (Fsp3) is 1.00. The van der Waals surface area contributed by atoms with E-state index in [1.54, 1.807) is 0 Å². The van der Waals surface area contributed by atoms with Crippen LogP contribution in [0.3, 0.4) is 0 Å². The third kappa shape index (κ3) is 14.5. The van der Waals surface area contributed by atoms with E-state index in [1.165, 1.54) is 74.9 Å². The average Bonchev–Trinajstić information content (AvgIpc) is 2.58. The maximum absolute atomic E-state index is 11.7. The van der Waals surface area contributed by atoms with Crippen LogP contribution in [0.15, 0.2) is 0 Å². The molecule has 27 heavy (non-hydrogen) atoms. The number of nitrogens with zero attached hydrogens (tertiary/aromatic N) is 1. The molecule has 0 aromatic carbocycles. The Hall–Kier alpha value is -0.130. The van der Waals surface area contributed by atoms with E-state index >= 15 is 0 Å². The summed E-state index contributed by atoms with van der Waals surface area (Å²) >= 11 is 0. The summed E-state index contributed by atoms with van der Waals surface area (Å²) in [4.78, 5) is 0. The van der Waals surface area contributed by atoms with Crippen molar-refractivity contribution in [2.75, 3.05) is 6.54 Å². The van der Waals surface area contributed by atoms with E-state index in [1.807, 2.05) is 20.8 Å². The highest BCUT2D eigenvalue weighted by Crippen LogP contribution is 2.25. The lowest BCUT2D eigenvalue weighted by Crippen LogP contribution is -2.47. The zero-order chi connectivity index (χ0) is 20.6. The molecule has 0 aliphatic heterocycles. The fourth-order valence-electron chi connectivity index (χ4n) is 3.73. The zero-order valence-electron chi connectivity index (χ0n) is 18.6. The second kappa shape index (κ2) is 15.8. The minimum atomic E-state index is -4.13. The third-order valence-corrected chi connectivity index (χ3v) is 6.79. The van der Waals surface area contributed by atoms with Crippen LogP contribution in [0.1, 0.15) is 130 Å². The summed E-state index contributed by atoms with van der Waals surface area (Å²) in [6.07, 6.45) is 19.5. The molecule has 0 spiro atoms. The highest BCUT2D eigenvalue weighted by molar-refractivity contribution is 7.83. The normalized spacial score (nSPS) is 12.8. The summed E-state index contributed by atoms with van der Waals surface area (Å²) < 4.78 is 34.2. The first-order valence-electron chi connectivity index (χ1n) is 11.5. The van der Waals surface area contributed by atoms with Crippen LogP contribution < -0.4 is 0 Å². The van der Waals surface area contributed by atoms with Crippen molar-refractivity contribution in [3.63, 3.8) is 0 Å². The van der Waals surface area contributed by atoms with Crippen molar-refractivity contribution >= 4 is 10.3 Å². The molecule has 0 fully saturated rings. The number of rotatable bonds is 19. The van der Waals surface area contributed by atoms with Gasteiger partial charge in [-0.2, -0.15) is 12.7 Å². The molecule has 0 saturated heterocycles. The van der Waals surface area contributed by atoms with E-state index in [2.05, 4.69) is 6.92 Å². The van der Waals surface area contributed by atoms with Crippen molar-refractivity contribution in [2.45, 2.75) is 136 Å². The minimum absolute atomic E-state index is 0.404. The SMILES string of the molecule is CCCCCCCCCCCCCCCC(C)(C)N(CCCC)S(=O)(=O)O. The molecule has 0 radical (unpaired) electrons. The molecule has 0 rings (SSSR count). The monoisotopic (exact) mass is 405 g/mol. The Kier molecular flexibility index (Phi) is 15.7. The molecular weight excluding hydrogens is 358 g/mol. The van der Waals surface area contributed by atoms with Gasteiger partial charge in [0.15, 0.2) is 0 Å². The number of hydrogen-bond acceptors (Lipinski definition) is 2. The van der Waals surface area contributed by atoms with Gasteiger partial charge in [0.1, 0.15) is 0 Å². The number of unbranched alkanes of at least 4 members (excludes halogenated alkanes) is 13. The average molecular weight is 406 g/mol. The van der Waals surface area contributed by atoms with Gasteiger partial charge in [0, 0.05) is 12.1 Å². The van der Waals surface area contributed by atoms with Crippen molar-refractivity contribution in [1.82, 2.24) is 4.31 Å². The van der Waals surface area contributed by atoms with Crippen molar-refractivity contribution in [3.05, 3.63) is 0 Å². The molecule has 0 aromatic heterocycles. The topological polar surface area (TPSA) is 57.6 Å². The van der Waals surface area contributed by atoms with Gasteiger partial charge in [-0.3, -0.25) is 4.55 Å². The zero-order valence-corrected chi connectivity index (χ0v) is 19.5. The molecule has 0 saturated carbocycles. The largest absolute Gasteiger partial charge is 0.336 e. The van der Waals surface area contributed by atoms with E-state index in [9.17, 15) is 13.0 Å². The Morgan fingerprint density at radius 2 is 1.04 bits per heavy atom. The smallest absolute Gasteiger partial charge is 0.273 e. The first-order valence-corrected chi connectivity index (χ1v) is 12.9. The van der Waals surface area contributed by atoms with Crippen LogP contribution in [0, 0.1) is 0 Å². The van der Waals surface area contributed by atoms with Crippen LogP contribution in [0.4, 0.5) is 0 Å². The minimum Gasteiger partial charge on any atom is -0.273 e. The molecule has 0 bridgehead atoms. The van der Waals surface area contributed by atoms with Crippen LogP contribution >= 0.6 is 0 Å². The highest BCUT2D eigenvalue weighted by atomic mass is 32.2. The van der Waals surface area contributed by atoms with Crippen LogP contribution in [0.5, 0.6) is 0 Å². The molecule has 0 aromatic rings. The first kappa shape index (κ1) is 26.9. The molecule has 0 aliphatic rings. The second-order valence-corrected chi connectivity index (χ2v) is 10.0. The fourth-order valence-corrected chi connectivity index (χ4v) is 4.81. The third-order valence-electron chi connectivity index (χ3n) is 5.56. The molecule has 0 unspecified atom stereocenters. The molecular formula is C22H47NO3S. The summed E-state index contributed by atoms with van der Waals surface area (Å²) in [5.41, 5.74) is -0.513. The van der Waals surface area contributed by atoms with Gasteiger partial charge in [0.25, 0.3) is 0 Å². The van der Waals surface area contributed by atoms with Gasteiger partial charge in [-0.1, -0.05) is 104 Å². The molecule has 0 atom stereocenters. The summed E-state index contributed by atoms with van der Waals surface area (Å²) in [7, 11) is -4.13. The molecule has 5 heteroatoms. The molecule has 164 valence electrons. The van der Waals surface area contributed by atoms with Crippen molar-refractivity contribution < 1.29 is 13.0 Å². The molecule has 0 amide bonds. The Morgan fingerprint density at radius 1 is 0.667 bits per heavy atom. The van der Waals surface area contributed by atoms with E-state index < -0.39 is 15.8 Å². The van der Waals surface area contributed by atoms with Crippen LogP contribution in [0.25, 0.3) is 0 Å². The highest BCUT2D eigenvalue weighted by Gasteiger charge is 2.34. The van der Waals surface area contributed by atoms with Gasteiger partial charge in [0.05, 0.1) is 0 Å².